The maximum absolute atomic E-state index is 10.5. The Labute approximate surface area is 125 Å². The van der Waals surface area contributed by atoms with Crippen molar-refractivity contribution in [1.82, 2.24) is 4.90 Å². The Kier molecular flexibility index (Phi) is 5.42. The summed E-state index contributed by atoms with van der Waals surface area (Å²) >= 11 is 5.87. The molecule has 0 aromatic heterocycles. The lowest BCUT2D eigenvalue weighted by Gasteiger charge is -2.37. The highest BCUT2D eigenvalue weighted by Crippen LogP contribution is 2.31. The lowest BCUT2D eigenvalue weighted by atomic mass is 9.87. The first-order valence-electron chi connectivity index (χ1n) is 7.16. The molecular weight excluding hydrogens is 272 g/mol. The first kappa shape index (κ1) is 15.3. The van der Waals surface area contributed by atoms with E-state index in [1.54, 1.807) is 0 Å². The number of hydrogen-bond donors (Lipinski definition) is 1. The van der Waals surface area contributed by atoms with Gasteiger partial charge in [-0.1, -0.05) is 23.7 Å². The Bertz CT molecular complexity index is 460. The molecule has 1 aliphatic rings. The van der Waals surface area contributed by atoms with E-state index < -0.39 is 6.10 Å². The quantitative estimate of drug-likeness (QED) is 0.925. The fourth-order valence-corrected chi connectivity index (χ4v) is 3.00. The summed E-state index contributed by atoms with van der Waals surface area (Å²) in [5.74, 6) is 0.293. The van der Waals surface area contributed by atoms with Crippen LogP contribution in [0.25, 0.3) is 0 Å². The number of nitrogens with zero attached hydrogens (tertiary/aromatic N) is 2. The van der Waals surface area contributed by atoms with Gasteiger partial charge in [-0.2, -0.15) is 5.26 Å². The number of likely N-dealkylation sites (tertiary alicyclic amines) is 1. The van der Waals surface area contributed by atoms with E-state index in [4.69, 9.17) is 16.9 Å². The number of aliphatic hydroxyl groups excluding tert-OH is 1. The minimum absolute atomic E-state index is 0.293. The number of piperidine rings is 1. The van der Waals surface area contributed by atoms with Crippen molar-refractivity contribution in [3.8, 4) is 6.07 Å². The van der Waals surface area contributed by atoms with Crippen molar-refractivity contribution in [3.05, 3.63) is 34.9 Å². The second-order valence-corrected chi connectivity index (χ2v) is 6.02. The molecule has 108 valence electrons. The lowest BCUT2D eigenvalue weighted by Crippen LogP contribution is -2.40. The molecule has 0 aliphatic carbocycles. The topological polar surface area (TPSA) is 47.3 Å². The van der Waals surface area contributed by atoms with Crippen LogP contribution in [0.1, 0.15) is 37.9 Å². The van der Waals surface area contributed by atoms with Crippen LogP contribution in [0.15, 0.2) is 24.3 Å². The molecule has 20 heavy (non-hydrogen) atoms. The number of halogens is 1. The molecule has 2 atom stereocenters. The second kappa shape index (κ2) is 7.08. The van der Waals surface area contributed by atoms with Crippen molar-refractivity contribution < 1.29 is 5.11 Å². The normalized spacial score (nSPS) is 20.3. The van der Waals surface area contributed by atoms with Crippen molar-refractivity contribution in [2.75, 3.05) is 13.1 Å². The minimum atomic E-state index is -0.416. The van der Waals surface area contributed by atoms with Crippen molar-refractivity contribution in [2.45, 2.75) is 38.3 Å². The van der Waals surface area contributed by atoms with Gasteiger partial charge in [0.25, 0.3) is 0 Å². The van der Waals surface area contributed by atoms with Gasteiger partial charge in [0.15, 0.2) is 0 Å². The first-order chi connectivity index (χ1) is 9.61. The van der Waals surface area contributed by atoms with Crippen LogP contribution in [-0.4, -0.2) is 29.1 Å². The predicted molar refractivity (Wildman–Crippen MR) is 80.4 cm³/mol. The van der Waals surface area contributed by atoms with Gasteiger partial charge >= 0.3 is 0 Å². The van der Waals surface area contributed by atoms with E-state index in [9.17, 15) is 5.11 Å². The Hall–Kier alpha value is -1.08. The molecule has 1 saturated heterocycles. The van der Waals surface area contributed by atoms with Crippen LogP contribution < -0.4 is 0 Å². The molecule has 1 heterocycles. The maximum Gasteiger partial charge on any atom is 0.0819 e. The second-order valence-electron chi connectivity index (χ2n) is 5.58. The van der Waals surface area contributed by atoms with Crippen LogP contribution in [0.5, 0.6) is 0 Å². The first-order valence-corrected chi connectivity index (χ1v) is 7.54. The van der Waals surface area contributed by atoms with Gasteiger partial charge in [0, 0.05) is 11.1 Å². The van der Waals surface area contributed by atoms with Gasteiger partial charge in [-0.25, -0.2) is 0 Å². The van der Waals surface area contributed by atoms with Crippen molar-refractivity contribution in [2.24, 2.45) is 5.92 Å². The summed E-state index contributed by atoms with van der Waals surface area (Å²) in [6, 6.07) is 9.99. The van der Waals surface area contributed by atoms with E-state index in [1.807, 2.05) is 24.3 Å². The van der Waals surface area contributed by atoms with E-state index in [0.29, 0.717) is 23.4 Å². The maximum atomic E-state index is 10.5. The third kappa shape index (κ3) is 3.73. The molecule has 1 aromatic carbocycles. The van der Waals surface area contributed by atoms with Crippen molar-refractivity contribution in [1.29, 1.82) is 5.26 Å². The molecule has 0 bridgehead atoms. The summed E-state index contributed by atoms with van der Waals surface area (Å²) in [4.78, 5) is 2.34. The Morgan fingerprint density at radius 1 is 1.35 bits per heavy atom. The van der Waals surface area contributed by atoms with Crippen molar-refractivity contribution >= 4 is 11.6 Å². The largest absolute Gasteiger partial charge is 0.388 e. The number of nitriles is 1. The molecule has 2 rings (SSSR count). The van der Waals surface area contributed by atoms with Gasteiger partial charge in [0.1, 0.15) is 0 Å². The minimum Gasteiger partial charge on any atom is -0.388 e. The fourth-order valence-electron chi connectivity index (χ4n) is 2.87. The molecule has 1 fully saturated rings. The Morgan fingerprint density at radius 3 is 2.50 bits per heavy atom. The third-order valence-electron chi connectivity index (χ3n) is 4.24. The van der Waals surface area contributed by atoms with Crippen LogP contribution in [-0.2, 0) is 0 Å². The molecule has 0 saturated carbocycles. The average Bonchev–Trinajstić information content (AvgIpc) is 2.48. The summed E-state index contributed by atoms with van der Waals surface area (Å²) in [5, 5.41) is 19.9. The zero-order chi connectivity index (χ0) is 14.5. The number of hydrogen-bond acceptors (Lipinski definition) is 3. The molecule has 0 radical (unpaired) electrons. The van der Waals surface area contributed by atoms with Gasteiger partial charge in [0.2, 0.25) is 0 Å². The van der Waals surface area contributed by atoms with E-state index in [0.717, 1.165) is 31.5 Å². The molecule has 3 nitrogen and oxygen atoms in total. The Balaban J connectivity index is 1.90. The SMILES string of the molecule is CC(CC#N)N1CCC(C(O)c2ccc(Cl)cc2)CC1. The molecule has 0 amide bonds. The van der Waals surface area contributed by atoms with Crippen LogP contribution in [0.4, 0.5) is 0 Å². The van der Waals surface area contributed by atoms with E-state index in [-0.39, 0.29) is 0 Å². The van der Waals surface area contributed by atoms with E-state index in [1.165, 1.54) is 0 Å². The lowest BCUT2D eigenvalue weighted by molar-refractivity contribution is 0.0480. The summed E-state index contributed by atoms with van der Waals surface area (Å²) in [6.45, 7) is 4.01. The number of rotatable bonds is 4. The zero-order valence-electron chi connectivity index (χ0n) is 11.8. The molecular formula is C16H21ClN2O. The molecule has 0 spiro atoms. The van der Waals surface area contributed by atoms with Crippen LogP contribution in [0, 0.1) is 17.2 Å². The average molecular weight is 293 g/mol. The molecule has 2 unspecified atom stereocenters. The Morgan fingerprint density at radius 2 is 1.95 bits per heavy atom. The summed E-state index contributed by atoms with van der Waals surface area (Å²) in [7, 11) is 0. The van der Waals surface area contributed by atoms with Crippen LogP contribution in [0.3, 0.4) is 0 Å². The standard InChI is InChI=1S/C16H21ClN2O/c1-12(6-9-18)19-10-7-14(8-11-19)16(20)13-2-4-15(17)5-3-13/h2-5,12,14,16,20H,6-8,10-11H2,1H3. The monoisotopic (exact) mass is 292 g/mol. The zero-order valence-corrected chi connectivity index (χ0v) is 12.6. The number of aliphatic hydroxyl groups is 1. The van der Waals surface area contributed by atoms with Gasteiger partial charge < -0.3 is 5.11 Å². The van der Waals surface area contributed by atoms with E-state index in [2.05, 4.69) is 17.9 Å². The molecule has 4 heteroatoms. The van der Waals surface area contributed by atoms with Crippen molar-refractivity contribution in [3.63, 3.8) is 0 Å². The predicted octanol–water partition coefficient (Wildman–Crippen LogP) is 3.39. The molecule has 1 N–H and O–H groups in total. The van der Waals surface area contributed by atoms with E-state index >= 15 is 0 Å². The fraction of sp³-hybridized carbons (Fsp3) is 0.562. The third-order valence-corrected chi connectivity index (χ3v) is 4.49. The van der Waals surface area contributed by atoms with Gasteiger partial charge in [-0.3, -0.25) is 4.90 Å². The smallest absolute Gasteiger partial charge is 0.0819 e. The van der Waals surface area contributed by atoms with Gasteiger partial charge in [-0.15, -0.1) is 0 Å². The van der Waals surface area contributed by atoms with Crippen LogP contribution in [0.2, 0.25) is 5.02 Å². The number of benzene rings is 1. The summed E-state index contributed by atoms with van der Waals surface area (Å²) in [5.41, 5.74) is 0.943. The highest BCUT2D eigenvalue weighted by atomic mass is 35.5. The van der Waals surface area contributed by atoms with Gasteiger partial charge in [-0.05, 0) is 56.5 Å². The highest BCUT2D eigenvalue weighted by Gasteiger charge is 2.27. The molecule has 1 aliphatic heterocycles. The molecule has 1 aromatic rings. The highest BCUT2D eigenvalue weighted by molar-refractivity contribution is 6.30. The summed E-state index contributed by atoms with van der Waals surface area (Å²) in [6.07, 6.45) is 2.10. The van der Waals surface area contributed by atoms with Gasteiger partial charge in [0.05, 0.1) is 18.6 Å². The van der Waals surface area contributed by atoms with Crippen LogP contribution >= 0.6 is 11.6 Å². The summed E-state index contributed by atoms with van der Waals surface area (Å²) < 4.78 is 0.